The lowest BCUT2D eigenvalue weighted by Crippen LogP contribution is -2.40. The van der Waals surface area contributed by atoms with E-state index in [0.717, 1.165) is 15.6 Å². The minimum absolute atomic E-state index is 0.0862. The van der Waals surface area contributed by atoms with E-state index in [2.05, 4.69) is 26.0 Å². The number of hydrogen-bond acceptors (Lipinski definition) is 4. The number of halogens is 1. The lowest BCUT2D eigenvalue weighted by Gasteiger charge is -2.16. The van der Waals surface area contributed by atoms with Crippen molar-refractivity contribution in [1.29, 1.82) is 0 Å². The first-order valence-corrected chi connectivity index (χ1v) is 10.7. The quantitative estimate of drug-likeness (QED) is 0.600. The van der Waals surface area contributed by atoms with Gasteiger partial charge in [0, 0.05) is 13.1 Å². The minimum Gasteiger partial charge on any atom is -0.480 e. The fourth-order valence-corrected chi connectivity index (χ4v) is 3.88. The van der Waals surface area contributed by atoms with Gasteiger partial charge < -0.3 is 10.1 Å². The fraction of sp³-hybridized carbons (Fsp3) is 0.316. The summed E-state index contributed by atoms with van der Waals surface area (Å²) in [6.07, 6.45) is -0.710. The van der Waals surface area contributed by atoms with Crippen LogP contribution in [0.4, 0.5) is 0 Å². The second kappa shape index (κ2) is 9.34. The van der Waals surface area contributed by atoms with Gasteiger partial charge in [-0.2, -0.15) is 0 Å². The molecule has 0 spiro atoms. The third-order valence-corrected chi connectivity index (χ3v) is 5.90. The van der Waals surface area contributed by atoms with Crippen molar-refractivity contribution in [1.82, 2.24) is 10.0 Å². The molecule has 0 aliphatic rings. The Kier molecular flexibility index (Phi) is 7.41. The van der Waals surface area contributed by atoms with Gasteiger partial charge in [-0.3, -0.25) is 4.79 Å². The summed E-state index contributed by atoms with van der Waals surface area (Å²) < 4.78 is 33.2. The van der Waals surface area contributed by atoms with E-state index in [1.165, 1.54) is 0 Å². The largest absolute Gasteiger partial charge is 0.480 e. The molecule has 6 nitrogen and oxygen atoms in total. The van der Waals surface area contributed by atoms with E-state index in [-0.39, 0.29) is 23.9 Å². The molecule has 8 heteroatoms. The maximum atomic E-state index is 12.2. The first kappa shape index (κ1) is 21.4. The second-order valence-corrected chi connectivity index (χ2v) is 8.82. The fourth-order valence-electron chi connectivity index (χ4n) is 2.26. The smallest absolute Gasteiger partial charge is 0.260 e. The molecule has 0 aliphatic carbocycles. The Hall–Kier alpha value is -1.90. The number of hydrogen-bond donors (Lipinski definition) is 2. The zero-order valence-electron chi connectivity index (χ0n) is 15.5. The van der Waals surface area contributed by atoms with Crippen molar-refractivity contribution in [3.8, 4) is 5.75 Å². The van der Waals surface area contributed by atoms with Crippen LogP contribution in [0.15, 0.2) is 51.8 Å². The van der Waals surface area contributed by atoms with Gasteiger partial charge in [0.25, 0.3) is 5.91 Å². The standard InChI is InChI=1S/C19H23BrN2O4S/c1-13-4-7-16(8-5-13)27(24,25)22-11-10-21-19(23)15(3)26-18-9-6-14(2)12-17(18)20/h4-9,12,15,22H,10-11H2,1-3H3,(H,21,23). The molecule has 2 rings (SSSR count). The number of amides is 1. The Morgan fingerprint density at radius 2 is 1.70 bits per heavy atom. The molecule has 1 unspecified atom stereocenters. The highest BCUT2D eigenvalue weighted by Gasteiger charge is 2.17. The number of aryl methyl sites for hydroxylation is 2. The van der Waals surface area contributed by atoms with Crippen LogP contribution >= 0.6 is 15.9 Å². The molecule has 0 aliphatic heterocycles. The molecule has 1 amide bonds. The predicted molar refractivity (Wildman–Crippen MR) is 108 cm³/mol. The van der Waals surface area contributed by atoms with Gasteiger partial charge in [0.2, 0.25) is 10.0 Å². The van der Waals surface area contributed by atoms with E-state index in [0.29, 0.717) is 5.75 Å². The van der Waals surface area contributed by atoms with Crippen molar-refractivity contribution in [3.63, 3.8) is 0 Å². The van der Waals surface area contributed by atoms with Crippen LogP contribution < -0.4 is 14.8 Å². The average molecular weight is 455 g/mol. The van der Waals surface area contributed by atoms with Gasteiger partial charge in [-0.15, -0.1) is 0 Å². The van der Waals surface area contributed by atoms with Gasteiger partial charge in [-0.25, -0.2) is 13.1 Å². The Morgan fingerprint density at radius 1 is 1.07 bits per heavy atom. The molecule has 2 aromatic rings. The molecule has 0 aromatic heterocycles. The van der Waals surface area contributed by atoms with Crippen LogP contribution in [0, 0.1) is 13.8 Å². The summed E-state index contributed by atoms with van der Waals surface area (Å²) in [4.78, 5) is 12.3. The average Bonchev–Trinajstić information content (AvgIpc) is 2.61. The number of carbonyl (C=O) groups excluding carboxylic acids is 1. The van der Waals surface area contributed by atoms with E-state index in [9.17, 15) is 13.2 Å². The van der Waals surface area contributed by atoms with Crippen LogP contribution in [0.25, 0.3) is 0 Å². The summed E-state index contributed by atoms with van der Waals surface area (Å²) >= 11 is 3.40. The predicted octanol–water partition coefficient (Wildman–Crippen LogP) is 2.93. The molecule has 0 saturated heterocycles. The molecular formula is C19H23BrN2O4S. The highest BCUT2D eigenvalue weighted by molar-refractivity contribution is 9.10. The highest BCUT2D eigenvalue weighted by atomic mass is 79.9. The van der Waals surface area contributed by atoms with Crippen LogP contribution in [0.1, 0.15) is 18.1 Å². The van der Waals surface area contributed by atoms with E-state index in [1.54, 1.807) is 37.3 Å². The lowest BCUT2D eigenvalue weighted by atomic mass is 10.2. The van der Waals surface area contributed by atoms with E-state index < -0.39 is 16.1 Å². The Bertz CT molecular complexity index is 898. The summed E-state index contributed by atoms with van der Waals surface area (Å²) in [6, 6.07) is 12.2. The van der Waals surface area contributed by atoms with Crippen LogP contribution in [-0.4, -0.2) is 33.5 Å². The number of carbonyl (C=O) groups is 1. The van der Waals surface area contributed by atoms with Crippen molar-refractivity contribution in [2.75, 3.05) is 13.1 Å². The molecule has 0 heterocycles. The summed E-state index contributed by atoms with van der Waals surface area (Å²) in [5.74, 6) is 0.250. The van der Waals surface area contributed by atoms with Crippen LogP contribution in [0.3, 0.4) is 0 Å². The first-order chi connectivity index (χ1) is 12.7. The van der Waals surface area contributed by atoms with Crippen LogP contribution in [-0.2, 0) is 14.8 Å². The van der Waals surface area contributed by atoms with Crippen molar-refractivity contribution in [3.05, 3.63) is 58.1 Å². The highest BCUT2D eigenvalue weighted by Crippen LogP contribution is 2.26. The van der Waals surface area contributed by atoms with E-state index in [1.807, 2.05) is 26.0 Å². The molecule has 2 aromatic carbocycles. The summed E-state index contributed by atoms with van der Waals surface area (Å²) in [7, 11) is -3.59. The molecule has 0 saturated carbocycles. The maximum absolute atomic E-state index is 12.2. The topological polar surface area (TPSA) is 84.5 Å². The summed E-state index contributed by atoms with van der Waals surface area (Å²) in [5.41, 5.74) is 2.06. The third kappa shape index (κ3) is 6.34. The molecule has 0 bridgehead atoms. The molecule has 0 radical (unpaired) electrons. The summed E-state index contributed by atoms with van der Waals surface area (Å²) in [6.45, 7) is 5.73. The number of benzene rings is 2. The zero-order valence-corrected chi connectivity index (χ0v) is 17.9. The molecule has 1 atom stereocenters. The van der Waals surface area contributed by atoms with Gasteiger partial charge >= 0.3 is 0 Å². The third-order valence-electron chi connectivity index (χ3n) is 3.81. The number of nitrogens with one attached hydrogen (secondary N) is 2. The zero-order chi connectivity index (χ0) is 20.0. The molecular weight excluding hydrogens is 432 g/mol. The first-order valence-electron chi connectivity index (χ1n) is 8.46. The monoisotopic (exact) mass is 454 g/mol. The molecule has 2 N–H and O–H groups in total. The number of ether oxygens (including phenoxy) is 1. The van der Waals surface area contributed by atoms with Gasteiger partial charge in [-0.1, -0.05) is 23.8 Å². The van der Waals surface area contributed by atoms with E-state index >= 15 is 0 Å². The summed E-state index contributed by atoms with van der Waals surface area (Å²) in [5, 5.41) is 2.66. The van der Waals surface area contributed by atoms with E-state index in [4.69, 9.17) is 4.74 Å². The Morgan fingerprint density at radius 3 is 2.33 bits per heavy atom. The molecule has 0 fully saturated rings. The number of rotatable bonds is 8. The van der Waals surface area contributed by atoms with Crippen molar-refractivity contribution in [2.45, 2.75) is 31.8 Å². The molecule has 27 heavy (non-hydrogen) atoms. The maximum Gasteiger partial charge on any atom is 0.260 e. The Labute approximate surface area is 168 Å². The number of sulfonamides is 1. The van der Waals surface area contributed by atoms with Gasteiger partial charge in [0.1, 0.15) is 5.75 Å². The SMILES string of the molecule is Cc1ccc(S(=O)(=O)NCCNC(=O)C(C)Oc2ccc(C)cc2Br)cc1. The van der Waals surface area contributed by atoms with Crippen LogP contribution in [0.2, 0.25) is 0 Å². The van der Waals surface area contributed by atoms with Gasteiger partial charge in [-0.05, 0) is 66.5 Å². The Balaban J connectivity index is 1.80. The van der Waals surface area contributed by atoms with Crippen molar-refractivity contribution in [2.24, 2.45) is 0 Å². The minimum atomic E-state index is -3.59. The second-order valence-electron chi connectivity index (χ2n) is 6.20. The van der Waals surface area contributed by atoms with Crippen molar-refractivity contribution >= 4 is 31.9 Å². The van der Waals surface area contributed by atoms with Crippen molar-refractivity contribution < 1.29 is 17.9 Å². The normalized spacial score (nSPS) is 12.4. The lowest BCUT2D eigenvalue weighted by molar-refractivity contribution is -0.127. The molecule has 146 valence electrons. The van der Waals surface area contributed by atoms with Gasteiger partial charge in [0.15, 0.2) is 6.10 Å². The van der Waals surface area contributed by atoms with Gasteiger partial charge in [0.05, 0.1) is 9.37 Å². The van der Waals surface area contributed by atoms with Crippen LogP contribution in [0.5, 0.6) is 5.75 Å².